The molecule has 0 spiro atoms. The highest BCUT2D eigenvalue weighted by Crippen LogP contribution is 2.35. The largest absolute Gasteiger partial charge is 0.462 e. The fourth-order valence-electron chi connectivity index (χ4n) is 3.33. The summed E-state index contributed by atoms with van der Waals surface area (Å²) in [7, 11) is 0. The van der Waals surface area contributed by atoms with Crippen LogP contribution in [0.2, 0.25) is 0 Å². The van der Waals surface area contributed by atoms with E-state index in [1.54, 1.807) is 26.0 Å². The molecule has 4 nitrogen and oxygen atoms in total. The molecule has 0 aliphatic rings. The molecule has 0 radical (unpaired) electrons. The normalized spacial score (nSPS) is 10.5. The number of alkyl halides is 1. The molecule has 0 amide bonds. The van der Waals surface area contributed by atoms with Crippen LogP contribution < -0.4 is 0 Å². The van der Waals surface area contributed by atoms with Crippen LogP contribution in [0.15, 0.2) is 66.7 Å². The molecule has 0 saturated carbocycles. The molecule has 0 atom stereocenters. The topological polar surface area (TPSA) is 52.6 Å². The summed E-state index contributed by atoms with van der Waals surface area (Å²) in [5.74, 6) is -0.631. The van der Waals surface area contributed by atoms with Crippen molar-refractivity contribution in [1.82, 2.24) is 0 Å². The van der Waals surface area contributed by atoms with Crippen LogP contribution in [-0.4, -0.2) is 25.2 Å². The average molecular weight is 423 g/mol. The Morgan fingerprint density at radius 1 is 0.733 bits per heavy atom. The maximum atomic E-state index is 12.9. The number of benzene rings is 3. The highest BCUT2D eigenvalue weighted by Gasteiger charge is 2.23. The number of carbonyl (C=O) groups is 2. The van der Waals surface area contributed by atoms with Gasteiger partial charge in [0.2, 0.25) is 0 Å². The zero-order valence-electron chi connectivity index (χ0n) is 17.0. The van der Waals surface area contributed by atoms with Crippen molar-refractivity contribution in [1.29, 1.82) is 0 Å². The molecule has 3 aromatic rings. The number of rotatable bonds is 7. The van der Waals surface area contributed by atoms with Crippen molar-refractivity contribution >= 4 is 23.5 Å². The van der Waals surface area contributed by atoms with E-state index >= 15 is 0 Å². The number of halogens is 1. The van der Waals surface area contributed by atoms with E-state index in [-0.39, 0.29) is 19.1 Å². The molecule has 0 fully saturated rings. The second-order valence-corrected chi connectivity index (χ2v) is 6.81. The molecule has 0 aromatic heterocycles. The van der Waals surface area contributed by atoms with Gasteiger partial charge in [-0.25, -0.2) is 9.59 Å². The van der Waals surface area contributed by atoms with Crippen LogP contribution in [0.25, 0.3) is 22.3 Å². The number of carbonyl (C=O) groups excluding carboxylic acids is 2. The van der Waals surface area contributed by atoms with Gasteiger partial charge in [0.05, 0.1) is 24.3 Å². The van der Waals surface area contributed by atoms with E-state index in [4.69, 9.17) is 21.1 Å². The summed E-state index contributed by atoms with van der Waals surface area (Å²) in [6.45, 7) is 4.02. The summed E-state index contributed by atoms with van der Waals surface area (Å²) in [4.78, 5) is 25.7. The van der Waals surface area contributed by atoms with E-state index < -0.39 is 11.9 Å². The van der Waals surface area contributed by atoms with Crippen LogP contribution >= 0.6 is 11.6 Å². The Morgan fingerprint density at radius 2 is 1.27 bits per heavy atom. The Kier molecular flexibility index (Phi) is 7.26. The third kappa shape index (κ3) is 4.55. The number of hydrogen-bond acceptors (Lipinski definition) is 4. The molecule has 0 aliphatic heterocycles. The predicted octanol–water partition coefficient (Wildman–Crippen LogP) is 6.11. The van der Waals surface area contributed by atoms with E-state index in [1.165, 1.54) is 0 Å². The summed E-state index contributed by atoms with van der Waals surface area (Å²) in [5, 5.41) is 0. The van der Waals surface area contributed by atoms with Gasteiger partial charge in [-0.05, 0) is 53.8 Å². The Hall–Kier alpha value is -3.11. The fourth-order valence-corrected chi connectivity index (χ4v) is 3.57. The van der Waals surface area contributed by atoms with Gasteiger partial charge >= 0.3 is 11.9 Å². The van der Waals surface area contributed by atoms with Crippen molar-refractivity contribution in [2.24, 2.45) is 0 Å². The van der Waals surface area contributed by atoms with Crippen molar-refractivity contribution in [2.45, 2.75) is 19.7 Å². The third-order valence-electron chi connectivity index (χ3n) is 4.68. The summed E-state index contributed by atoms with van der Waals surface area (Å²) in [5.41, 5.74) is 4.41. The molecule has 3 rings (SSSR count). The number of hydrogen-bond donors (Lipinski definition) is 0. The van der Waals surface area contributed by atoms with Gasteiger partial charge in [0.1, 0.15) is 0 Å². The van der Waals surface area contributed by atoms with Crippen molar-refractivity contribution in [2.75, 3.05) is 13.2 Å². The van der Waals surface area contributed by atoms with Gasteiger partial charge in [-0.3, -0.25) is 0 Å². The molecule has 154 valence electrons. The summed E-state index contributed by atoms with van der Waals surface area (Å²) in [6.07, 6.45) is 0. The second kappa shape index (κ2) is 10.1. The van der Waals surface area contributed by atoms with Gasteiger partial charge in [0.25, 0.3) is 0 Å². The highest BCUT2D eigenvalue weighted by atomic mass is 35.5. The van der Waals surface area contributed by atoms with E-state index in [2.05, 4.69) is 0 Å². The zero-order chi connectivity index (χ0) is 21.5. The molecule has 0 saturated heterocycles. The second-order valence-electron chi connectivity index (χ2n) is 6.54. The van der Waals surface area contributed by atoms with Gasteiger partial charge < -0.3 is 9.47 Å². The Balaban J connectivity index is 2.33. The lowest BCUT2D eigenvalue weighted by Gasteiger charge is -2.17. The molecule has 30 heavy (non-hydrogen) atoms. The maximum absolute atomic E-state index is 12.9. The van der Waals surface area contributed by atoms with Crippen molar-refractivity contribution in [3.63, 3.8) is 0 Å². The molecular weight excluding hydrogens is 400 g/mol. The first-order valence-corrected chi connectivity index (χ1v) is 10.4. The van der Waals surface area contributed by atoms with Crippen LogP contribution in [-0.2, 0) is 15.4 Å². The number of ether oxygens (including phenoxy) is 2. The van der Waals surface area contributed by atoms with E-state index in [0.29, 0.717) is 22.3 Å². The van der Waals surface area contributed by atoms with Crippen LogP contribution in [0, 0.1) is 0 Å². The molecular formula is C25H23ClO4. The highest BCUT2D eigenvalue weighted by molar-refractivity contribution is 6.17. The van der Waals surface area contributed by atoms with Crippen LogP contribution in [0.5, 0.6) is 0 Å². The van der Waals surface area contributed by atoms with E-state index in [9.17, 15) is 9.59 Å². The Bertz CT molecular complexity index is 1040. The van der Waals surface area contributed by atoms with Gasteiger partial charge in [0, 0.05) is 5.88 Å². The van der Waals surface area contributed by atoms with Crippen LogP contribution in [0.1, 0.15) is 40.1 Å². The first kappa shape index (κ1) is 21.6. The average Bonchev–Trinajstić information content (AvgIpc) is 2.79. The lowest BCUT2D eigenvalue weighted by Crippen LogP contribution is -2.12. The molecule has 0 bridgehead atoms. The molecule has 0 heterocycles. The minimum Gasteiger partial charge on any atom is -0.462 e. The molecule has 0 aliphatic carbocycles. The van der Waals surface area contributed by atoms with Crippen LogP contribution in [0.3, 0.4) is 0 Å². The molecule has 3 aromatic carbocycles. The lowest BCUT2D eigenvalue weighted by molar-refractivity contribution is 0.0513. The SMILES string of the molecule is CCOC(=O)c1cc(-c2ccccc2CCl)c(C(=O)OCC)cc1-c1ccccc1. The minimum absolute atomic E-state index is 0.246. The van der Waals surface area contributed by atoms with Crippen molar-refractivity contribution < 1.29 is 19.1 Å². The predicted molar refractivity (Wildman–Crippen MR) is 119 cm³/mol. The van der Waals surface area contributed by atoms with E-state index in [0.717, 1.165) is 16.7 Å². The van der Waals surface area contributed by atoms with Gasteiger partial charge in [-0.2, -0.15) is 0 Å². The zero-order valence-corrected chi connectivity index (χ0v) is 17.7. The maximum Gasteiger partial charge on any atom is 0.338 e. The van der Waals surface area contributed by atoms with Crippen molar-refractivity contribution in [3.05, 3.63) is 83.4 Å². The Labute approximate surface area is 181 Å². The standard InChI is InChI=1S/C25H23ClO4/c1-3-29-24(27)22-15-21(19-13-9-8-12-18(19)16-26)23(25(28)30-4-2)14-20(22)17-10-6-5-7-11-17/h5-15H,3-4,16H2,1-2H3. The monoisotopic (exact) mass is 422 g/mol. The summed E-state index contributed by atoms with van der Waals surface area (Å²) < 4.78 is 10.6. The summed E-state index contributed by atoms with van der Waals surface area (Å²) >= 11 is 6.15. The van der Waals surface area contributed by atoms with Crippen molar-refractivity contribution in [3.8, 4) is 22.3 Å². The number of esters is 2. The first-order chi connectivity index (χ1) is 14.6. The first-order valence-electron chi connectivity index (χ1n) is 9.82. The van der Waals surface area contributed by atoms with Gasteiger partial charge in [-0.1, -0.05) is 54.6 Å². The minimum atomic E-state index is -0.454. The van der Waals surface area contributed by atoms with Gasteiger partial charge in [-0.15, -0.1) is 11.6 Å². The molecule has 0 unspecified atom stereocenters. The van der Waals surface area contributed by atoms with Gasteiger partial charge in [0.15, 0.2) is 0 Å². The smallest absolute Gasteiger partial charge is 0.338 e. The third-order valence-corrected chi connectivity index (χ3v) is 4.97. The lowest BCUT2D eigenvalue weighted by atomic mass is 9.89. The Morgan fingerprint density at radius 3 is 1.87 bits per heavy atom. The fraction of sp³-hybridized carbons (Fsp3) is 0.200. The molecule has 0 N–H and O–H groups in total. The van der Waals surface area contributed by atoms with Crippen LogP contribution in [0.4, 0.5) is 0 Å². The molecule has 5 heteroatoms. The quantitative estimate of drug-likeness (QED) is 0.340. The van der Waals surface area contributed by atoms with E-state index in [1.807, 2.05) is 54.6 Å². The summed E-state index contributed by atoms with van der Waals surface area (Å²) in [6, 6.07) is 20.4.